The van der Waals surface area contributed by atoms with Crippen molar-refractivity contribution in [2.45, 2.75) is 51.8 Å². The number of carbonyl (C=O) groups is 2. The Bertz CT molecular complexity index is 724. The minimum Gasteiger partial charge on any atom is -0.443 e. The molecule has 0 saturated heterocycles. The summed E-state index contributed by atoms with van der Waals surface area (Å²) in [5.41, 5.74) is 0.413. The number of hydrogen-bond donors (Lipinski definition) is 0. The predicted molar refractivity (Wildman–Crippen MR) is 84.5 cm³/mol. The monoisotopic (exact) mass is 356 g/mol. The molecule has 1 aromatic heterocycles. The molecule has 25 heavy (non-hydrogen) atoms. The molecule has 0 atom stereocenters. The lowest BCUT2D eigenvalue weighted by molar-refractivity contribution is -0.0370. The summed E-state index contributed by atoms with van der Waals surface area (Å²) in [6, 6.07) is 0. The topological polar surface area (TPSA) is 67.7 Å². The minimum absolute atomic E-state index is 0.128. The zero-order valence-electron chi connectivity index (χ0n) is 14.8. The average Bonchev–Trinajstić information content (AvgIpc) is 2.68. The zero-order valence-corrected chi connectivity index (χ0v) is 14.8. The van der Waals surface area contributed by atoms with Crippen molar-refractivity contribution in [3.8, 4) is 0 Å². The lowest BCUT2D eigenvalue weighted by atomic mass is 10.0. The Morgan fingerprint density at radius 1 is 1.28 bits per heavy atom. The Morgan fingerprint density at radius 2 is 1.96 bits per heavy atom. The largest absolute Gasteiger partial charge is 0.443 e. The molecule has 0 aromatic carbocycles. The molecule has 0 spiro atoms. The highest BCUT2D eigenvalue weighted by Crippen LogP contribution is 2.30. The predicted octanol–water partition coefficient (Wildman–Crippen LogP) is 1.90. The molecule has 3 rings (SSSR count). The van der Waals surface area contributed by atoms with Crippen LogP contribution in [0.1, 0.15) is 42.5 Å². The first-order valence-corrected chi connectivity index (χ1v) is 8.17. The van der Waals surface area contributed by atoms with Gasteiger partial charge in [0.15, 0.2) is 0 Å². The van der Waals surface area contributed by atoms with E-state index in [-0.39, 0.29) is 18.7 Å². The Kier molecular flexibility index (Phi) is 4.09. The van der Waals surface area contributed by atoms with Gasteiger partial charge in [-0.3, -0.25) is 14.4 Å². The second-order valence-electron chi connectivity index (χ2n) is 7.64. The number of hydrogen-bond acceptors (Lipinski definition) is 5. The molecular weight excluding hydrogens is 334 g/mol. The Labute approximate surface area is 144 Å². The van der Waals surface area contributed by atoms with Gasteiger partial charge >= 0.3 is 6.09 Å². The normalized spacial score (nSPS) is 20.7. The second-order valence-corrected chi connectivity index (χ2v) is 7.64. The number of carbonyl (C=O) groups excluding carboxylic acids is 2. The van der Waals surface area contributed by atoms with Gasteiger partial charge in [0.25, 0.3) is 11.8 Å². The number of fused-ring (bicyclic) bond motifs is 3. The molecule has 0 saturated carbocycles. The molecule has 2 aliphatic heterocycles. The van der Waals surface area contributed by atoms with E-state index < -0.39 is 36.6 Å². The number of nitrogens with zero attached hydrogens (tertiary/aromatic N) is 4. The van der Waals surface area contributed by atoms with Crippen molar-refractivity contribution in [1.29, 1.82) is 0 Å². The number of rotatable bonds is 0. The summed E-state index contributed by atoms with van der Waals surface area (Å²) in [5, 5.41) is 4.21. The quantitative estimate of drug-likeness (QED) is 0.710. The number of alkyl halides is 2. The van der Waals surface area contributed by atoms with Gasteiger partial charge in [-0.25, -0.2) is 18.5 Å². The smallest absolute Gasteiger partial charge is 0.417 e. The van der Waals surface area contributed by atoms with Crippen molar-refractivity contribution in [2.75, 3.05) is 20.1 Å². The van der Waals surface area contributed by atoms with Crippen LogP contribution < -0.4 is 0 Å². The summed E-state index contributed by atoms with van der Waals surface area (Å²) >= 11 is 0. The lowest BCUT2D eigenvalue weighted by Crippen LogP contribution is -2.45. The van der Waals surface area contributed by atoms with Crippen molar-refractivity contribution < 1.29 is 23.1 Å². The molecule has 2 aliphatic rings. The van der Waals surface area contributed by atoms with Gasteiger partial charge in [-0.1, -0.05) is 0 Å². The third-order valence-corrected chi connectivity index (χ3v) is 4.08. The molecule has 7 nitrogen and oxygen atoms in total. The molecule has 0 fully saturated rings. The van der Waals surface area contributed by atoms with Crippen LogP contribution in [0, 0.1) is 0 Å². The Hall–Kier alpha value is -2.03. The van der Waals surface area contributed by atoms with E-state index in [9.17, 15) is 18.4 Å². The van der Waals surface area contributed by atoms with Crippen LogP contribution in [0.5, 0.6) is 0 Å². The van der Waals surface area contributed by atoms with E-state index >= 15 is 0 Å². The number of aromatic nitrogens is 2. The number of amides is 2. The molecule has 138 valence electrons. The first kappa shape index (κ1) is 17.8. The number of imide groups is 1. The summed E-state index contributed by atoms with van der Waals surface area (Å²) in [7, 11) is 1.57. The first-order valence-electron chi connectivity index (χ1n) is 8.17. The van der Waals surface area contributed by atoms with Crippen LogP contribution in [0.3, 0.4) is 0 Å². The van der Waals surface area contributed by atoms with Crippen LogP contribution in [-0.2, 0) is 24.2 Å². The molecular formula is C16H22F2N4O3. The van der Waals surface area contributed by atoms with Gasteiger partial charge in [0.1, 0.15) is 12.1 Å². The molecule has 0 N–H and O–H groups in total. The highest BCUT2D eigenvalue weighted by molar-refractivity contribution is 6.05. The third-order valence-electron chi connectivity index (χ3n) is 4.08. The van der Waals surface area contributed by atoms with Gasteiger partial charge in [0.2, 0.25) is 0 Å². The number of halogens is 2. The molecule has 0 aliphatic carbocycles. The molecule has 2 amide bonds. The highest BCUT2D eigenvalue weighted by atomic mass is 19.3. The molecule has 0 unspecified atom stereocenters. The summed E-state index contributed by atoms with van der Waals surface area (Å²) in [4.78, 5) is 27.6. The maximum atomic E-state index is 14.0. The van der Waals surface area contributed by atoms with Crippen molar-refractivity contribution >= 4 is 12.0 Å². The lowest BCUT2D eigenvalue weighted by Gasteiger charge is -2.28. The SMILES string of the molecule is CN1Cc2c3c(nn2CC(F)(F)C1)CCN(C(=O)OC(C)(C)C)C3=O. The second kappa shape index (κ2) is 5.76. The van der Waals surface area contributed by atoms with Crippen LogP contribution in [0.25, 0.3) is 0 Å². The van der Waals surface area contributed by atoms with Crippen molar-refractivity contribution in [3.05, 3.63) is 17.0 Å². The van der Waals surface area contributed by atoms with E-state index in [1.165, 1.54) is 9.58 Å². The fourth-order valence-corrected chi connectivity index (χ4v) is 3.19. The first-order chi connectivity index (χ1) is 11.5. The number of ether oxygens (including phenoxy) is 1. The Morgan fingerprint density at radius 3 is 2.60 bits per heavy atom. The van der Waals surface area contributed by atoms with Crippen LogP contribution in [0.2, 0.25) is 0 Å². The molecule has 0 bridgehead atoms. The van der Waals surface area contributed by atoms with E-state index in [2.05, 4.69) is 5.10 Å². The molecule has 9 heteroatoms. The molecule has 1 aromatic rings. The van der Waals surface area contributed by atoms with Crippen molar-refractivity contribution in [1.82, 2.24) is 19.6 Å². The van der Waals surface area contributed by atoms with Gasteiger partial charge in [-0.2, -0.15) is 5.10 Å². The van der Waals surface area contributed by atoms with Gasteiger partial charge in [0.05, 0.1) is 23.5 Å². The maximum Gasteiger partial charge on any atom is 0.417 e. The van der Waals surface area contributed by atoms with Crippen molar-refractivity contribution in [3.63, 3.8) is 0 Å². The van der Waals surface area contributed by atoms with Crippen molar-refractivity contribution in [2.24, 2.45) is 0 Å². The minimum atomic E-state index is -2.93. The average molecular weight is 356 g/mol. The van der Waals surface area contributed by atoms with Crippen LogP contribution in [0.15, 0.2) is 0 Å². The maximum absolute atomic E-state index is 14.0. The van der Waals surface area contributed by atoms with E-state index in [1.54, 1.807) is 27.8 Å². The van der Waals surface area contributed by atoms with E-state index in [1.807, 2.05) is 0 Å². The third kappa shape index (κ3) is 3.51. The van der Waals surface area contributed by atoms with Gasteiger partial charge in [-0.15, -0.1) is 0 Å². The fraction of sp³-hybridized carbons (Fsp3) is 0.688. The summed E-state index contributed by atoms with van der Waals surface area (Å²) in [6.45, 7) is 4.47. The molecule has 0 radical (unpaired) electrons. The molecule has 3 heterocycles. The van der Waals surface area contributed by atoms with Crippen LogP contribution in [-0.4, -0.2) is 63.2 Å². The van der Waals surface area contributed by atoms with Crippen LogP contribution >= 0.6 is 0 Å². The zero-order chi connectivity index (χ0) is 18.6. The van der Waals surface area contributed by atoms with Crippen LogP contribution in [0.4, 0.5) is 13.6 Å². The van der Waals surface area contributed by atoms with Gasteiger partial charge in [-0.05, 0) is 27.8 Å². The Balaban J connectivity index is 1.94. The van der Waals surface area contributed by atoms with E-state index in [4.69, 9.17) is 4.74 Å². The van der Waals surface area contributed by atoms with E-state index in [0.717, 1.165) is 4.90 Å². The summed E-state index contributed by atoms with van der Waals surface area (Å²) < 4.78 is 34.4. The summed E-state index contributed by atoms with van der Waals surface area (Å²) in [5.74, 6) is -3.46. The summed E-state index contributed by atoms with van der Waals surface area (Å²) in [6.07, 6.45) is -0.398. The van der Waals surface area contributed by atoms with Gasteiger partial charge < -0.3 is 4.74 Å². The highest BCUT2D eigenvalue weighted by Gasteiger charge is 2.41. The van der Waals surface area contributed by atoms with E-state index in [0.29, 0.717) is 17.8 Å². The van der Waals surface area contributed by atoms with Gasteiger partial charge in [0, 0.05) is 19.5 Å². The fourth-order valence-electron chi connectivity index (χ4n) is 3.19. The standard InChI is InChI=1S/C16H22F2N4O3/c1-15(2,3)25-14(24)21-6-5-10-12(13(21)23)11-7-20(4)8-16(17,18)9-22(11)19-10/h5-9H2,1-4H3.